The molecule has 2 aromatic heterocycles. The van der Waals surface area contributed by atoms with Crippen LogP contribution < -0.4 is 10.6 Å². The molecule has 0 bridgehead atoms. The van der Waals surface area contributed by atoms with E-state index in [4.69, 9.17) is 0 Å². The zero-order chi connectivity index (χ0) is 16.1. The highest BCUT2D eigenvalue weighted by atomic mass is 16.2. The predicted molar refractivity (Wildman–Crippen MR) is 84.8 cm³/mol. The lowest BCUT2D eigenvalue weighted by Crippen LogP contribution is -2.39. The SMILES string of the molecule is Cc1cc(C)n(CCNC(=O)NCCn2nc(C)cc2C)n1. The fraction of sp³-hybridized carbons (Fsp3) is 0.533. The Morgan fingerprint density at radius 3 is 1.64 bits per heavy atom. The molecule has 7 heteroatoms. The summed E-state index contributed by atoms with van der Waals surface area (Å²) in [6, 6.07) is 3.88. The van der Waals surface area contributed by atoms with Crippen LogP contribution in [0.1, 0.15) is 22.8 Å². The summed E-state index contributed by atoms with van der Waals surface area (Å²) in [7, 11) is 0. The van der Waals surface area contributed by atoms with Gasteiger partial charge in [-0.1, -0.05) is 0 Å². The minimum Gasteiger partial charge on any atom is -0.336 e. The molecular weight excluding hydrogens is 280 g/mol. The third kappa shape index (κ3) is 4.34. The molecule has 0 aromatic carbocycles. The summed E-state index contributed by atoms with van der Waals surface area (Å²) in [5.41, 5.74) is 4.19. The minimum atomic E-state index is -0.164. The van der Waals surface area contributed by atoms with E-state index in [0.29, 0.717) is 26.2 Å². The molecule has 0 unspecified atom stereocenters. The number of aryl methyl sites for hydroxylation is 4. The molecule has 2 heterocycles. The number of hydrogen-bond acceptors (Lipinski definition) is 3. The first-order valence-corrected chi connectivity index (χ1v) is 7.49. The second kappa shape index (κ2) is 7.11. The molecule has 2 rings (SSSR count). The number of rotatable bonds is 6. The van der Waals surface area contributed by atoms with Gasteiger partial charge in [0.25, 0.3) is 0 Å². The van der Waals surface area contributed by atoms with Crippen molar-refractivity contribution in [2.45, 2.75) is 40.8 Å². The van der Waals surface area contributed by atoms with Gasteiger partial charge in [-0.15, -0.1) is 0 Å². The number of hydrogen-bond donors (Lipinski definition) is 2. The number of carbonyl (C=O) groups excluding carboxylic acids is 1. The van der Waals surface area contributed by atoms with E-state index in [0.717, 1.165) is 22.8 Å². The van der Waals surface area contributed by atoms with Crippen molar-refractivity contribution in [3.63, 3.8) is 0 Å². The van der Waals surface area contributed by atoms with Crippen LogP contribution in [0.2, 0.25) is 0 Å². The molecule has 0 fully saturated rings. The Morgan fingerprint density at radius 1 is 0.909 bits per heavy atom. The topological polar surface area (TPSA) is 76.8 Å². The lowest BCUT2D eigenvalue weighted by molar-refractivity contribution is 0.239. The molecule has 2 N–H and O–H groups in total. The van der Waals surface area contributed by atoms with E-state index in [1.54, 1.807) is 0 Å². The van der Waals surface area contributed by atoms with Crippen LogP contribution in [0, 0.1) is 27.7 Å². The van der Waals surface area contributed by atoms with Gasteiger partial charge in [-0.25, -0.2) is 4.79 Å². The lowest BCUT2D eigenvalue weighted by atomic mass is 10.4. The van der Waals surface area contributed by atoms with Crippen molar-refractivity contribution >= 4 is 6.03 Å². The molecule has 2 aromatic rings. The third-order valence-corrected chi connectivity index (χ3v) is 3.43. The maximum absolute atomic E-state index is 11.7. The van der Waals surface area contributed by atoms with Gasteiger partial charge in [0.15, 0.2) is 0 Å². The van der Waals surface area contributed by atoms with E-state index in [1.807, 2.05) is 49.2 Å². The molecule has 0 atom stereocenters. The second-order valence-electron chi connectivity index (χ2n) is 5.48. The molecular formula is C15H24N6O. The minimum absolute atomic E-state index is 0.164. The molecule has 120 valence electrons. The van der Waals surface area contributed by atoms with Gasteiger partial charge in [-0.2, -0.15) is 10.2 Å². The van der Waals surface area contributed by atoms with Crippen molar-refractivity contribution in [2.75, 3.05) is 13.1 Å². The Labute approximate surface area is 130 Å². The standard InChI is InChI=1S/C15H24N6O/c1-11-9-13(3)20(18-11)7-5-16-15(22)17-6-8-21-14(4)10-12(2)19-21/h9-10H,5-8H2,1-4H3,(H2,16,17,22). The van der Waals surface area contributed by atoms with E-state index < -0.39 is 0 Å². The Bertz CT molecular complexity index is 588. The van der Waals surface area contributed by atoms with Crippen LogP contribution in [0.15, 0.2) is 12.1 Å². The Hall–Kier alpha value is -2.31. The molecule has 0 saturated carbocycles. The van der Waals surface area contributed by atoms with Crippen molar-refractivity contribution in [3.05, 3.63) is 34.9 Å². The number of nitrogens with one attached hydrogen (secondary N) is 2. The van der Waals surface area contributed by atoms with Gasteiger partial charge in [0.2, 0.25) is 0 Å². The average molecular weight is 304 g/mol. The summed E-state index contributed by atoms with van der Waals surface area (Å²) in [6.45, 7) is 10.4. The molecule has 0 spiro atoms. The van der Waals surface area contributed by atoms with Crippen molar-refractivity contribution in [1.82, 2.24) is 30.2 Å². The summed E-state index contributed by atoms with van der Waals surface area (Å²) in [4.78, 5) is 11.7. The average Bonchev–Trinajstić information content (AvgIpc) is 2.92. The number of carbonyl (C=O) groups is 1. The molecule has 22 heavy (non-hydrogen) atoms. The molecule has 0 saturated heterocycles. The second-order valence-corrected chi connectivity index (χ2v) is 5.48. The molecule has 0 aliphatic heterocycles. The highest BCUT2D eigenvalue weighted by Gasteiger charge is 2.04. The largest absolute Gasteiger partial charge is 0.336 e. The summed E-state index contributed by atoms with van der Waals surface area (Å²) in [5.74, 6) is 0. The van der Waals surface area contributed by atoms with Crippen LogP contribution in [0.5, 0.6) is 0 Å². The van der Waals surface area contributed by atoms with Crippen LogP contribution >= 0.6 is 0 Å². The van der Waals surface area contributed by atoms with Gasteiger partial charge in [-0.05, 0) is 39.8 Å². The fourth-order valence-electron chi connectivity index (χ4n) is 2.42. The Kier molecular flexibility index (Phi) is 5.19. The van der Waals surface area contributed by atoms with Crippen LogP contribution in [-0.4, -0.2) is 38.7 Å². The first-order valence-electron chi connectivity index (χ1n) is 7.49. The van der Waals surface area contributed by atoms with Crippen LogP contribution in [-0.2, 0) is 13.1 Å². The lowest BCUT2D eigenvalue weighted by Gasteiger charge is -2.09. The normalized spacial score (nSPS) is 10.7. The smallest absolute Gasteiger partial charge is 0.314 e. The van der Waals surface area contributed by atoms with Gasteiger partial charge >= 0.3 is 6.03 Å². The van der Waals surface area contributed by atoms with Crippen molar-refractivity contribution < 1.29 is 4.79 Å². The highest BCUT2D eigenvalue weighted by Crippen LogP contribution is 2.01. The van der Waals surface area contributed by atoms with Gasteiger partial charge in [0.1, 0.15) is 0 Å². The number of amides is 2. The monoisotopic (exact) mass is 304 g/mol. The summed E-state index contributed by atoms with van der Waals surface area (Å²) >= 11 is 0. The molecule has 2 amide bonds. The molecule has 7 nitrogen and oxygen atoms in total. The van der Waals surface area contributed by atoms with E-state index >= 15 is 0 Å². The van der Waals surface area contributed by atoms with Crippen molar-refractivity contribution in [3.8, 4) is 0 Å². The van der Waals surface area contributed by atoms with Gasteiger partial charge in [-0.3, -0.25) is 9.36 Å². The quantitative estimate of drug-likeness (QED) is 0.845. The van der Waals surface area contributed by atoms with Gasteiger partial charge < -0.3 is 10.6 Å². The maximum Gasteiger partial charge on any atom is 0.314 e. The van der Waals surface area contributed by atoms with E-state index in [2.05, 4.69) is 20.8 Å². The number of aromatic nitrogens is 4. The van der Waals surface area contributed by atoms with E-state index in [-0.39, 0.29) is 6.03 Å². The van der Waals surface area contributed by atoms with Crippen molar-refractivity contribution in [2.24, 2.45) is 0 Å². The highest BCUT2D eigenvalue weighted by molar-refractivity contribution is 5.73. The van der Waals surface area contributed by atoms with Crippen LogP contribution in [0.3, 0.4) is 0 Å². The summed E-state index contributed by atoms with van der Waals surface area (Å²) in [5, 5.41) is 14.4. The van der Waals surface area contributed by atoms with E-state index in [1.165, 1.54) is 0 Å². The summed E-state index contributed by atoms with van der Waals surface area (Å²) < 4.78 is 3.79. The Balaban J connectivity index is 1.66. The summed E-state index contributed by atoms with van der Waals surface area (Å²) in [6.07, 6.45) is 0. The third-order valence-electron chi connectivity index (χ3n) is 3.43. The fourth-order valence-corrected chi connectivity index (χ4v) is 2.42. The van der Waals surface area contributed by atoms with Crippen molar-refractivity contribution in [1.29, 1.82) is 0 Å². The Morgan fingerprint density at radius 2 is 1.32 bits per heavy atom. The van der Waals surface area contributed by atoms with Crippen LogP contribution in [0.4, 0.5) is 4.79 Å². The first kappa shape index (κ1) is 16.1. The maximum atomic E-state index is 11.7. The van der Waals surface area contributed by atoms with Gasteiger partial charge in [0.05, 0.1) is 24.5 Å². The van der Waals surface area contributed by atoms with E-state index in [9.17, 15) is 4.79 Å². The molecule has 0 radical (unpaired) electrons. The van der Waals surface area contributed by atoms with Crippen LogP contribution in [0.25, 0.3) is 0 Å². The van der Waals surface area contributed by atoms with Gasteiger partial charge in [0, 0.05) is 24.5 Å². The molecule has 0 aliphatic rings. The molecule has 0 aliphatic carbocycles. The first-order chi connectivity index (χ1) is 10.5. The number of urea groups is 1. The zero-order valence-corrected chi connectivity index (χ0v) is 13.7. The predicted octanol–water partition coefficient (Wildman–Crippen LogP) is 1.31. The zero-order valence-electron chi connectivity index (χ0n) is 13.7. The number of nitrogens with zero attached hydrogens (tertiary/aromatic N) is 4.